The molecule has 6 heteroatoms. The van der Waals surface area contributed by atoms with Gasteiger partial charge in [-0.3, -0.25) is 4.79 Å². The monoisotopic (exact) mass is 226 g/mol. The Bertz CT molecular complexity index is 375. The molecular weight excluding hydrogens is 216 g/mol. The van der Waals surface area contributed by atoms with E-state index in [1.807, 2.05) is 4.90 Å². The van der Waals surface area contributed by atoms with Gasteiger partial charge in [-0.25, -0.2) is 4.98 Å². The molecule has 1 aliphatic heterocycles. The Kier molecular flexibility index (Phi) is 2.64. The highest BCUT2D eigenvalue weighted by Crippen LogP contribution is 2.19. The molecule has 0 bridgehead atoms. The van der Waals surface area contributed by atoms with Gasteiger partial charge >= 0.3 is 0 Å². The molecule has 15 heavy (non-hydrogen) atoms. The molecule has 3 N–H and O–H groups in total. The van der Waals surface area contributed by atoms with Gasteiger partial charge in [-0.15, -0.1) is 0 Å². The standard InChI is InChI=1S/C9H11ClN4O/c10-7-3-6(11)4-8(13-7)14-2-1-12-9(15)5-14/h3-4H,1-2,5H2,(H2,11,13)(H,12,15). The molecule has 2 heterocycles. The lowest BCUT2D eigenvalue weighted by Crippen LogP contribution is -2.48. The van der Waals surface area contributed by atoms with Crippen LogP contribution in [-0.2, 0) is 4.79 Å². The van der Waals surface area contributed by atoms with Gasteiger partial charge in [0.15, 0.2) is 0 Å². The van der Waals surface area contributed by atoms with E-state index < -0.39 is 0 Å². The van der Waals surface area contributed by atoms with Crippen LogP contribution in [0, 0.1) is 0 Å². The predicted octanol–water partition coefficient (Wildman–Crippen LogP) is 0.253. The van der Waals surface area contributed by atoms with Crippen molar-refractivity contribution in [3.05, 3.63) is 17.3 Å². The zero-order chi connectivity index (χ0) is 10.8. The normalized spacial score (nSPS) is 16.3. The molecule has 0 atom stereocenters. The maximum Gasteiger partial charge on any atom is 0.239 e. The van der Waals surface area contributed by atoms with E-state index in [4.69, 9.17) is 17.3 Å². The predicted molar refractivity (Wildman–Crippen MR) is 58.9 cm³/mol. The number of carbonyl (C=O) groups is 1. The number of nitrogens with one attached hydrogen (secondary N) is 1. The highest BCUT2D eigenvalue weighted by atomic mass is 35.5. The van der Waals surface area contributed by atoms with Crippen LogP contribution >= 0.6 is 11.6 Å². The van der Waals surface area contributed by atoms with Crippen LogP contribution in [0.3, 0.4) is 0 Å². The fourth-order valence-electron chi connectivity index (χ4n) is 1.50. The largest absolute Gasteiger partial charge is 0.399 e. The lowest BCUT2D eigenvalue weighted by molar-refractivity contribution is -0.120. The van der Waals surface area contributed by atoms with Crippen LogP contribution in [0.1, 0.15) is 0 Å². The van der Waals surface area contributed by atoms with Crippen molar-refractivity contribution in [2.75, 3.05) is 30.3 Å². The molecule has 1 saturated heterocycles. The minimum absolute atomic E-state index is 0.0124. The Balaban J connectivity index is 2.24. The molecule has 1 aromatic rings. The number of pyridine rings is 1. The number of aromatic nitrogens is 1. The molecule has 0 radical (unpaired) electrons. The number of piperazine rings is 1. The first-order valence-corrected chi connectivity index (χ1v) is 4.97. The van der Waals surface area contributed by atoms with Crippen LogP contribution in [0.25, 0.3) is 0 Å². The Morgan fingerprint density at radius 3 is 3.00 bits per heavy atom. The van der Waals surface area contributed by atoms with Gasteiger partial charge in [-0.05, 0) is 6.07 Å². The number of rotatable bonds is 1. The van der Waals surface area contributed by atoms with E-state index in [0.717, 1.165) is 6.54 Å². The Morgan fingerprint density at radius 1 is 1.53 bits per heavy atom. The minimum atomic E-state index is -0.0124. The maximum absolute atomic E-state index is 11.2. The van der Waals surface area contributed by atoms with E-state index in [2.05, 4.69) is 10.3 Å². The van der Waals surface area contributed by atoms with Crippen molar-refractivity contribution in [3.8, 4) is 0 Å². The quantitative estimate of drug-likeness (QED) is 0.674. The molecule has 0 aromatic carbocycles. The van der Waals surface area contributed by atoms with Crippen molar-refractivity contribution in [1.29, 1.82) is 0 Å². The third kappa shape index (κ3) is 2.30. The second kappa shape index (κ2) is 3.94. The van der Waals surface area contributed by atoms with Crippen molar-refractivity contribution < 1.29 is 4.79 Å². The molecule has 0 saturated carbocycles. The summed E-state index contributed by atoms with van der Waals surface area (Å²) in [5.41, 5.74) is 6.20. The molecular formula is C9H11ClN4O. The van der Waals surface area contributed by atoms with Crippen LogP contribution < -0.4 is 16.0 Å². The smallest absolute Gasteiger partial charge is 0.239 e. The number of nitrogens with zero attached hydrogens (tertiary/aromatic N) is 2. The molecule has 0 aliphatic carbocycles. The zero-order valence-electron chi connectivity index (χ0n) is 8.03. The first-order chi connectivity index (χ1) is 7.15. The van der Waals surface area contributed by atoms with Crippen molar-refractivity contribution in [2.24, 2.45) is 0 Å². The number of nitrogen functional groups attached to an aromatic ring is 1. The minimum Gasteiger partial charge on any atom is -0.399 e. The summed E-state index contributed by atoms with van der Waals surface area (Å²) in [4.78, 5) is 17.1. The number of amides is 1. The number of hydrogen-bond acceptors (Lipinski definition) is 4. The van der Waals surface area contributed by atoms with Gasteiger partial charge in [0, 0.05) is 24.8 Å². The topological polar surface area (TPSA) is 71.2 Å². The van der Waals surface area contributed by atoms with Gasteiger partial charge in [0.25, 0.3) is 0 Å². The second-order valence-electron chi connectivity index (χ2n) is 3.35. The first kappa shape index (κ1) is 10.0. The Labute approximate surface area is 92.2 Å². The average molecular weight is 227 g/mol. The van der Waals surface area contributed by atoms with Gasteiger partial charge in [0.1, 0.15) is 11.0 Å². The number of hydrogen-bond donors (Lipinski definition) is 2. The molecule has 5 nitrogen and oxygen atoms in total. The van der Waals surface area contributed by atoms with Crippen LogP contribution in [0.5, 0.6) is 0 Å². The third-order valence-corrected chi connectivity index (χ3v) is 2.36. The van der Waals surface area contributed by atoms with Crippen molar-refractivity contribution in [2.45, 2.75) is 0 Å². The van der Waals surface area contributed by atoms with Crippen molar-refractivity contribution >= 4 is 29.0 Å². The van der Waals surface area contributed by atoms with E-state index in [1.54, 1.807) is 12.1 Å². The van der Waals surface area contributed by atoms with E-state index in [0.29, 0.717) is 29.7 Å². The van der Waals surface area contributed by atoms with Crippen LogP contribution in [0.4, 0.5) is 11.5 Å². The molecule has 80 valence electrons. The third-order valence-electron chi connectivity index (χ3n) is 2.17. The molecule has 1 aromatic heterocycles. The van der Waals surface area contributed by atoms with Gasteiger partial charge in [0.2, 0.25) is 5.91 Å². The van der Waals surface area contributed by atoms with Crippen molar-refractivity contribution in [3.63, 3.8) is 0 Å². The van der Waals surface area contributed by atoms with E-state index in [1.165, 1.54) is 0 Å². The van der Waals surface area contributed by atoms with Gasteiger partial charge in [-0.1, -0.05) is 11.6 Å². The average Bonchev–Trinajstić information content (AvgIpc) is 2.16. The summed E-state index contributed by atoms with van der Waals surface area (Å²) >= 11 is 5.79. The van der Waals surface area contributed by atoms with E-state index >= 15 is 0 Å². The molecule has 0 unspecified atom stereocenters. The van der Waals surface area contributed by atoms with Crippen LogP contribution in [0.15, 0.2) is 12.1 Å². The highest BCUT2D eigenvalue weighted by Gasteiger charge is 2.17. The summed E-state index contributed by atoms with van der Waals surface area (Å²) < 4.78 is 0. The number of anilines is 2. The maximum atomic E-state index is 11.2. The number of nitrogens with two attached hydrogens (primary N) is 1. The first-order valence-electron chi connectivity index (χ1n) is 4.60. The number of carbonyl (C=O) groups excluding carboxylic acids is 1. The molecule has 1 fully saturated rings. The Hall–Kier alpha value is -1.49. The van der Waals surface area contributed by atoms with Gasteiger partial charge in [0.05, 0.1) is 6.54 Å². The van der Waals surface area contributed by atoms with Crippen LogP contribution in [0.2, 0.25) is 5.15 Å². The molecule has 1 amide bonds. The molecule has 1 aliphatic rings. The number of halogens is 1. The summed E-state index contributed by atoms with van der Waals surface area (Å²) in [5, 5.41) is 3.08. The van der Waals surface area contributed by atoms with E-state index in [-0.39, 0.29) is 5.91 Å². The van der Waals surface area contributed by atoms with Gasteiger partial charge in [-0.2, -0.15) is 0 Å². The molecule has 2 rings (SSSR count). The molecule has 0 spiro atoms. The van der Waals surface area contributed by atoms with Crippen LogP contribution in [-0.4, -0.2) is 30.5 Å². The SMILES string of the molecule is Nc1cc(Cl)nc(N2CCNC(=O)C2)c1. The zero-order valence-corrected chi connectivity index (χ0v) is 8.79. The van der Waals surface area contributed by atoms with Gasteiger partial charge < -0.3 is 16.0 Å². The summed E-state index contributed by atoms with van der Waals surface area (Å²) in [7, 11) is 0. The summed E-state index contributed by atoms with van der Waals surface area (Å²) in [6.45, 7) is 1.64. The highest BCUT2D eigenvalue weighted by molar-refractivity contribution is 6.29. The summed E-state index contributed by atoms with van der Waals surface area (Å²) in [6, 6.07) is 3.29. The second-order valence-corrected chi connectivity index (χ2v) is 3.74. The fourth-order valence-corrected chi connectivity index (χ4v) is 1.71. The fraction of sp³-hybridized carbons (Fsp3) is 0.333. The lowest BCUT2D eigenvalue weighted by Gasteiger charge is -2.27. The summed E-state index contributed by atoms with van der Waals surface area (Å²) in [5.74, 6) is 0.636. The van der Waals surface area contributed by atoms with E-state index in [9.17, 15) is 4.79 Å². The summed E-state index contributed by atoms with van der Waals surface area (Å²) in [6.07, 6.45) is 0. The van der Waals surface area contributed by atoms with Crippen molar-refractivity contribution in [1.82, 2.24) is 10.3 Å². The Morgan fingerprint density at radius 2 is 2.33 bits per heavy atom. The lowest BCUT2D eigenvalue weighted by atomic mass is 10.3.